The van der Waals surface area contributed by atoms with E-state index in [0.29, 0.717) is 6.42 Å². The number of nitrogens with zero attached hydrogens (tertiary/aromatic N) is 4. The van der Waals surface area contributed by atoms with Crippen molar-refractivity contribution in [3.63, 3.8) is 0 Å². The molecular weight excluding hydrogens is 418 g/mol. The Kier molecular flexibility index (Phi) is 4.73. The van der Waals surface area contributed by atoms with Crippen molar-refractivity contribution in [1.82, 2.24) is 0 Å². The van der Waals surface area contributed by atoms with Crippen LogP contribution in [-0.4, -0.2) is 23.4 Å². The van der Waals surface area contributed by atoms with Crippen molar-refractivity contribution in [3.05, 3.63) is 27.8 Å². The number of rotatable bonds is 5. The lowest BCUT2D eigenvalue weighted by Crippen LogP contribution is -2.59. The smallest absolute Gasteiger partial charge is 0.279 e. The van der Waals surface area contributed by atoms with Crippen LogP contribution >= 0.6 is 0 Å². The highest BCUT2D eigenvalue weighted by atomic mass is 16.7. The number of nitro benzene ring substituents is 1. The van der Waals surface area contributed by atoms with Gasteiger partial charge in [0.25, 0.3) is 5.69 Å². The van der Waals surface area contributed by atoms with Crippen molar-refractivity contribution in [2.24, 2.45) is 16.7 Å². The molecule has 0 aromatic heterocycles. The number of fused-ring (bicyclic) bond motifs is 3. The summed E-state index contributed by atoms with van der Waals surface area (Å²) in [6.07, 6.45) is -0.451. The Balaban J connectivity index is 2.06. The molecule has 2 saturated heterocycles. The molecule has 0 spiro atoms. The Morgan fingerprint density at radius 3 is 2.38 bits per heavy atom. The van der Waals surface area contributed by atoms with Gasteiger partial charge >= 0.3 is 0 Å². The molecule has 2 fully saturated rings. The van der Waals surface area contributed by atoms with Gasteiger partial charge < -0.3 is 18.9 Å². The Labute approximate surface area is 183 Å². The highest BCUT2D eigenvalue weighted by Crippen LogP contribution is 2.69. The van der Waals surface area contributed by atoms with Crippen LogP contribution in [0.1, 0.15) is 44.8 Å². The molecule has 1 aromatic carbocycles. The molecule has 0 amide bonds. The molecule has 32 heavy (non-hydrogen) atoms. The number of benzene rings is 1. The molecule has 164 valence electrons. The van der Waals surface area contributed by atoms with Gasteiger partial charge in [-0.2, -0.15) is 15.8 Å². The van der Waals surface area contributed by atoms with Crippen LogP contribution < -0.4 is 9.47 Å². The highest BCUT2D eigenvalue weighted by molar-refractivity contribution is 5.89. The lowest BCUT2D eigenvalue weighted by molar-refractivity contribution is -0.387. The average Bonchev–Trinajstić information content (AvgIpc) is 3.31. The minimum Gasteiger partial charge on any atom is -0.454 e. The summed E-state index contributed by atoms with van der Waals surface area (Å²) in [4.78, 5) is 11.2. The third-order valence-electron chi connectivity index (χ3n) is 6.56. The molecule has 2 bridgehead atoms. The second-order valence-electron chi connectivity index (χ2n) is 7.92. The molecule has 1 aromatic rings. The normalized spacial score (nSPS) is 31.2. The van der Waals surface area contributed by atoms with E-state index in [0.717, 1.165) is 6.07 Å². The Morgan fingerprint density at radius 2 is 1.84 bits per heavy atom. The Bertz CT molecular complexity index is 1130. The SMILES string of the molecule is CCCC12OC(=N)C(C#N)(C1CC)C(C#N)(C#N)C(c1cc3c(cc1[N+](=O)[O-])OCO3)O2. The van der Waals surface area contributed by atoms with Gasteiger partial charge in [0.1, 0.15) is 6.10 Å². The van der Waals surface area contributed by atoms with Crippen molar-refractivity contribution in [2.45, 2.75) is 45.0 Å². The standard InChI is InChI=1S/C21H19N5O6/c1-3-5-21-16(4-2)20(10-24,18(25)32-21)19(8-22,9-23)17(31-21)12-6-14-15(30-11-29-14)7-13(12)26(27)28/h6-7,16-17,25H,3-5,11H2,1-2H3. The van der Waals surface area contributed by atoms with Crippen molar-refractivity contribution >= 4 is 11.6 Å². The summed E-state index contributed by atoms with van der Waals surface area (Å²) in [7, 11) is 0. The highest BCUT2D eigenvalue weighted by Gasteiger charge is 2.80. The molecule has 11 nitrogen and oxygen atoms in total. The van der Waals surface area contributed by atoms with Gasteiger partial charge in [0.15, 0.2) is 16.9 Å². The van der Waals surface area contributed by atoms with Crippen LogP contribution in [-0.2, 0) is 9.47 Å². The second-order valence-corrected chi connectivity index (χ2v) is 7.92. The predicted octanol–water partition coefficient (Wildman–Crippen LogP) is 3.47. The van der Waals surface area contributed by atoms with Crippen molar-refractivity contribution in [3.8, 4) is 29.7 Å². The van der Waals surface area contributed by atoms with Gasteiger partial charge in [-0.05, 0) is 18.9 Å². The van der Waals surface area contributed by atoms with Crippen LogP contribution in [0.2, 0.25) is 0 Å². The van der Waals surface area contributed by atoms with E-state index in [1.54, 1.807) is 6.92 Å². The molecule has 4 unspecified atom stereocenters. The molecule has 4 atom stereocenters. The van der Waals surface area contributed by atoms with E-state index in [9.17, 15) is 25.9 Å². The summed E-state index contributed by atoms with van der Waals surface area (Å²) in [6.45, 7) is 3.48. The summed E-state index contributed by atoms with van der Waals surface area (Å²) >= 11 is 0. The summed E-state index contributed by atoms with van der Waals surface area (Å²) < 4.78 is 22.7. The molecule has 0 saturated carbocycles. The molecule has 0 aliphatic carbocycles. The number of nitro groups is 1. The number of ether oxygens (including phenoxy) is 4. The fourth-order valence-corrected chi connectivity index (χ4v) is 5.26. The summed E-state index contributed by atoms with van der Waals surface area (Å²) in [6, 6.07) is 8.28. The third kappa shape index (κ3) is 2.33. The molecule has 3 heterocycles. The Hall–Kier alpha value is -3.88. The first-order valence-electron chi connectivity index (χ1n) is 10.1. The second kappa shape index (κ2) is 7.08. The van der Waals surface area contributed by atoms with E-state index in [1.807, 2.05) is 25.1 Å². The van der Waals surface area contributed by atoms with Gasteiger partial charge in [0.05, 0.1) is 40.7 Å². The van der Waals surface area contributed by atoms with Crippen LogP contribution in [0.15, 0.2) is 12.1 Å². The first-order chi connectivity index (χ1) is 15.3. The summed E-state index contributed by atoms with van der Waals surface area (Å²) in [5, 5.41) is 51.3. The minimum atomic E-state index is -2.29. The quantitative estimate of drug-likeness (QED) is 0.534. The van der Waals surface area contributed by atoms with Crippen LogP contribution in [0.25, 0.3) is 0 Å². The van der Waals surface area contributed by atoms with E-state index < -0.39 is 45.1 Å². The van der Waals surface area contributed by atoms with E-state index >= 15 is 0 Å². The number of hydrogen-bond donors (Lipinski definition) is 1. The van der Waals surface area contributed by atoms with Crippen molar-refractivity contribution in [1.29, 1.82) is 21.2 Å². The molecule has 3 aliphatic rings. The van der Waals surface area contributed by atoms with Crippen LogP contribution in [0, 0.1) is 66.3 Å². The number of nitrogens with one attached hydrogen (secondary N) is 1. The molecule has 11 heteroatoms. The Morgan fingerprint density at radius 1 is 1.19 bits per heavy atom. The van der Waals surface area contributed by atoms with Crippen LogP contribution in [0.5, 0.6) is 11.5 Å². The van der Waals surface area contributed by atoms with E-state index in [-0.39, 0.29) is 36.7 Å². The van der Waals surface area contributed by atoms with Crippen molar-refractivity contribution in [2.75, 3.05) is 6.79 Å². The number of nitriles is 3. The maximum Gasteiger partial charge on any atom is 0.279 e. The lowest BCUT2D eigenvalue weighted by atomic mass is 9.52. The van der Waals surface area contributed by atoms with Crippen LogP contribution in [0.3, 0.4) is 0 Å². The molecule has 0 radical (unpaired) electrons. The predicted molar refractivity (Wildman–Crippen MR) is 105 cm³/mol. The third-order valence-corrected chi connectivity index (χ3v) is 6.56. The molecule has 1 N–H and O–H groups in total. The summed E-state index contributed by atoms with van der Waals surface area (Å²) in [5.74, 6) is -2.48. The summed E-state index contributed by atoms with van der Waals surface area (Å²) in [5.41, 5.74) is -4.83. The van der Waals surface area contributed by atoms with E-state index in [2.05, 4.69) is 0 Å². The average molecular weight is 437 g/mol. The fourth-order valence-electron chi connectivity index (χ4n) is 5.26. The first-order valence-corrected chi connectivity index (χ1v) is 10.1. The molecule has 3 aliphatic heterocycles. The lowest BCUT2D eigenvalue weighted by Gasteiger charge is -2.49. The van der Waals surface area contributed by atoms with Gasteiger partial charge in [-0.15, -0.1) is 0 Å². The first kappa shape index (κ1) is 21.4. The zero-order valence-electron chi connectivity index (χ0n) is 17.4. The van der Waals surface area contributed by atoms with Gasteiger partial charge in [0.2, 0.25) is 23.9 Å². The molecule has 4 rings (SSSR count). The van der Waals surface area contributed by atoms with Gasteiger partial charge in [0, 0.05) is 6.42 Å². The largest absolute Gasteiger partial charge is 0.454 e. The molecular formula is C21H19N5O6. The maximum absolute atomic E-state index is 11.9. The topological polar surface area (TPSA) is 175 Å². The van der Waals surface area contributed by atoms with Crippen molar-refractivity contribution < 1.29 is 23.9 Å². The fraction of sp³-hybridized carbons (Fsp3) is 0.524. The van der Waals surface area contributed by atoms with E-state index in [1.165, 1.54) is 6.07 Å². The number of hydrogen-bond acceptors (Lipinski definition) is 10. The monoisotopic (exact) mass is 437 g/mol. The zero-order valence-corrected chi connectivity index (χ0v) is 17.4. The minimum absolute atomic E-state index is 0.115. The van der Waals surface area contributed by atoms with Gasteiger partial charge in [-0.1, -0.05) is 13.8 Å². The van der Waals surface area contributed by atoms with E-state index in [4.69, 9.17) is 24.4 Å². The zero-order chi connectivity index (χ0) is 23.3. The maximum atomic E-state index is 11.9. The van der Waals surface area contributed by atoms with Gasteiger partial charge in [-0.25, -0.2) is 0 Å². The van der Waals surface area contributed by atoms with Crippen LogP contribution in [0.4, 0.5) is 5.69 Å². The van der Waals surface area contributed by atoms with Gasteiger partial charge in [-0.3, -0.25) is 15.5 Å².